The molecule has 0 bridgehead atoms. The lowest BCUT2D eigenvalue weighted by Crippen LogP contribution is -2.51. The second-order valence-electron chi connectivity index (χ2n) is 7.46. The molecule has 2 fully saturated rings. The normalized spacial score (nSPS) is 25.6. The number of rotatable bonds is 4. The second-order valence-corrected chi connectivity index (χ2v) is 7.46. The van der Waals surface area contributed by atoms with Gasteiger partial charge in [0, 0.05) is 12.1 Å². The van der Waals surface area contributed by atoms with Gasteiger partial charge in [-0.05, 0) is 49.8 Å². The molecule has 24 heavy (non-hydrogen) atoms. The molecule has 4 rings (SSSR count). The molecule has 1 aliphatic carbocycles. The van der Waals surface area contributed by atoms with Crippen LogP contribution >= 0.6 is 0 Å². The van der Waals surface area contributed by atoms with Crippen molar-refractivity contribution in [3.05, 3.63) is 71.8 Å². The summed E-state index contributed by atoms with van der Waals surface area (Å²) in [6, 6.07) is 21.1. The van der Waals surface area contributed by atoms with Gasteiger partial charge in [-0.1, -0.05) is 67.1 Å². The Kier molecular flexibility index (Phi) is 4.19. The fraction of sp³-hybridized carbons (Fsp3) is 0.455. The summed E-state index contributed by atoms with van der Waals surface area (Å²) >= 11 is 0. The predicted octanol–water partition coefficient (Wildman–Crippen LogP) is 4.19. The van der Waals surface area contributed by atoms with Crippen molar-refractivity contribution in [3.8, 4) is 0 Å². The molecule has 0 unspecified atom stereocenters. The Morgan fingerprint density at radius 1 is 0.917 bits per heavy atom. The van der Waals surface area contributed by atoms with Gasteiger partial charge < -0.3 is 5.11 Å². The molecule has 0 amide bonds. The highest BCUT2D eigenvalue weighted by Gasteiger charge is 2.47. The maximum absolute atomic E-state index is 12.0. The van der Waals surface area contributed by atoms with Crippen LogP contribution in [0.2, 0.25) is 0 Å². The van der Waals surface area contributed by atoms with Crippen LogP contribution in [-0.4, -0.2) is 28.6 Å². The van der Waals surface area contributed by atoms with Gasteiger partial charge in [0.05, 0.1) is 0 Å². The van der Waals surface area contributed by atoms with Crippen LogP contribution in [0.1, 0.15) is 43.7 Å². The van der Waals surface area contributed by atoms with E-state index in [1.165, 1.54) is 25.7 Å². The van der Waals surface area contributed by atoms with Crippen LogP contribution in [0.25, 0.3) is 0 Å². The minimum atomic E-state index is -0.972. The maximum atomic E-state index is 12.0. The molecule has 1 saturated carbocycles. The first-order valence-electron chi connectivity index (χ1n) is 9.30. The van der Waals surface area contributed by atoms with E-state index < -0.39 is 5.60 Å². The average Bonchev–Trinajstić information content (AvgIpc) is 3.25. The molecule has 0 radical (unpaired) electrons. The number of nitrogens with zero attached hydrogens (tertiary/aromatic N) is 1. The number of aliphatic hydroxyl groups is 1. The molecule has 1 N–H and O–H groups in total. The molecular formula is C22H27NO. The quantitative estimate of drug-likeness (QED) is 0.913. The maximum Gasteiger partial charge on any atom is 0.130 e. The van der Waals surface area contributed by atoms with E-state index in [0.717, 1.165) is 23.6 Å². The molecule has 1 aliphatic heterocycles. The fourth-order valence-electron chi connectivity index (χ4n) is 5.03. The Hall–Kier alpha value is -1.64. The highest BCUT2D eigenvalue weighted by Crippen LogP contribution is 2.43. The van der Waals surface area contributed by atoms with Gasteiger partial charge in [0.15, 0.2) is 0 Å². The van der Waals surface area contributed by atoms with E-state index in [-0.39, 0.29) is 6.04 Å². The third-order valence-corrected chi connectivity index (χ3v) is 6.33. The van der Waals surface area contributed by atoms with E-state index in [1.807, 2.05) is 36.4 Å². The van der Waals surface area contributed by atoms with E-state index in [2.05, 4.69) is 36.1 Å². The monoisotopic (exact) mass is 321 g/mol. The summed E-state index contributed by atoms with van der Waals surface area (Å²) in [6.45, 7) is 3.32. The van der Waals surface area contributed by atoms with Crippen LogP contribution < -0.4 is 0 Å². The van der Waals surface area contributed by atoms with Crippen molar-refractivity contribution >= 4 is 0 Å². The van der Waals surface area contributed by atoms with Gasteiger partial charge in [0.2, 0.25) is 0 Å². The minimum absolute atomic E-state index is 0.0652. The largest absolute Gasteiger partial charge is 0.379 e. The lowest BCUT2D eigenvalue weighted by Gasteiger charge is -2.42. The van der Waals surface area contributed by atoms with Gasteiger partial charge in [-0.2, -0.15) is 0 Å². The van der Waals surface area contributed by atoms with Crippen molar-refractivity contribution in [2.24, 2.45) is 5.92 Å². The molecule has 2 aromatic carbocycles. The van der Waals surface area contributed by atoms with Crippen LogP contribution in [0, 0.1) is 5.92 Å². The molecule has 3 atom stereocenters. The van der Waals surface area contributed by atoms with Crippen LogP contribution in [-0.2, 0) is 5.60 Å². The van der Waals surface area contributed by atoms with E-state index >= 15 is 0 Å². The van der Waals surface area contributed by atoms with Crippen molar-refractivity contribution in [2.75, 3.05) is 6.54 Å². The number of benzene rings is 2. The van der Waals surface area contributed by atoms with Crippen molar-refractivity contribution in [2.45, 2.75) is 50.3 Å². The molecule has 126 valence electrons. The Labute approximate surface area is 145 Å². The summed E-state index contributed by atoms with van der Waals surface area (Å²) in [5.41, 5.74) is 1.01. The Balaban J connectivity index is 1.76. The summed E-state index contributed by atoms with van der Waals surface area (Å²) in [5, 5.41) is 12.0. The number of fused-ring (bicyclic) bond motifs is 1. The van der Waals surface area contributed by atoms with Crippen molar-refractivity contribution in [1.29, 1.82) is 0 Å². The standard InChI is InChI=1S/C22H27NO/c1-17(23-16-15-18-9-8-14-21(18)23)22(24,19-10-4-2-5-11-19)20-12-6-3-7-13-20/h2-7,10-13,17-18,21,24H,8-9,14-16H2,1H3/t17-,18+,21+/m0/s1. The van der Waals surface area contributed by atoms with Gasteiger partial charge >= 0.3 is 0 Å². The third kappa shape index (κ3) is 2.49. The zero-order valence-electron chi connectivity index (χ0n) is 14.4. The Morgan fingerprint density at radius 2 is 1.50 bits per heavy atom. The smallest absolute Gasteiger partial charge is 0.130 e. The van der Waals surface area contributed by atoms with Gasteiger partial charge in [0.25, 0.3) is 0 Å². The zero-order chi connectivity index (χ0) is 16.6. The highest BCUT2D eigenvalue weighted by molar-refractivity contribution is 5.38. The van der Waals surface area contributed by atoms with E-state index in [4.69, 9.17) is 0 Å². The van der Waals surface area contributed by atoms with E-state index in [0.29, 0.717) is 6.04 Å². The van der Waals surface area contributed by atoms with Gasteiger partial charge in [-0.25, -0.2) is 0 Å². The lowest BCUT2D eigenvalue weighted by molar-refractivity contribution is -0.0195. The van der Waals surface area contributed by atoms with Crippen molar-refractivity contribution in [3.63, 3.8) is 0 Å². The van der Waals surface area contributed by atoms with E-state index in [9.17, 15) is 5.11 Å². The predicted molar refractivity (Wildman–Crippen MR) is 97.8 cm³/mol. The number of hydrogen-bond acceptors (Lipinski definition) is 2. The molecule has 0 aromatic heterocycles. The first-order valence-corrected chi connectivity index (χ1v) is 9.30. The fourth-order valence-corrected chi connectivity index (χ4v) is 5.03. The zero-order valence-corrected chi connectivity index (χ0v) is 14.4. The van der Waals surface area contributed by atoms with Crippen LogP contribution in [0.3, 0.4) is 0 Å². The van der Waals surface area contributed by atoms with Gasteiger partial charge in [-0.15, -0.1) is 0 Å². The lowest BCUT2D eigenvalue weighted by atomic mass is 9.80. The summed E-state index contributed by atoms with van der Waals surface area (Å²) in [5.74, 6) is 0.836. The molecule has 1 saturated heterocycles. The summed E-state index contributed by atoms with van der Waals surface area (Å²) in [6.07, 6.45) is 5.28. The average molecular weight is 321 g/mol. The van der Waals surface area contributed by atoms with E-state index in [1.54, 1.807) is 0 Å². The summed E-state index contributed by atoms with van der Waals surface area (Å²) in [4.78, 5) is 2.58. The number of likely N-dealkylation sites (tertiary alicyclic amines) is 1. The number of hydrogen-bond donors (Lipinski definition) is 1. The highest BCUT2D eigenvalue weighted by atomic mass is 16.3. The first-order chi connectivity index (χ1) is 11.7. The first kappa shape index (κ1) is 15.9. The molecule has 1 heterocycles. The van der Waals surface area contributed by atoms with Crippen LogP contribution in [0.4, 0.5) is 0 Å². The summed E-state index contributed by atoms with van der Waals surface area (Å²) < 4.78 is 0. The molecule has 2 nitrogen and oxygen atoms in total. The minimum Gasteiger partial charge on any atom is -0.379 e. The molecule has 2 aliphatic rings. The Morgan fingerprint density at radius 3 is 2.08 bits per heavy atom. The third-order valence-electron chi connectivity index (χ3n) is 6.33. The van der Waals surface area contributed by atoms with Crippen LogP contribution in [0.15, 0.2) is 60.7 Å². The van der Waals surface area contributed by atoms with Gasteiger partial charge in [-0.3, -0.25) is 4.90 Å². The topological polar surface area (TPSA) is 23.5 Å². The molecule has 2 heteroatoms. The van der Waals surface area contributed by atoms with Gasteiger partial charge in [0.1, 0.15) is 5.60 Å². The molecular weight excluding hydrogens is 294 g/mol. The molecule has 2 aromatic rings. The summed E-state index contributed by atoms with van der Waals surface area (Å²) in [7, 11) is 0. The SMILES string of the molecule is C[C@H](N1CC[C@H]2CCC[C@H]21)C(O)(c1ccccc1)c1ccccc1. The van der Waals surface area contributed by atoms with Crippen molar-refractivity contribution < 1.29 is 5.11 Å². The Bertz CT molecular complexity index is 629. The molecule has 0 spiro atoms. The van der Waals surface area contributed by atoms with Crippen molar-refractivity contribution in [1.82, 2.24) is 4.90 Å². The second kappa shape index (κ2) is 6.34. The van der Waals surface area contributed by atoms with Crippen LogP contribution in [0.5, 0.6) is 0 Å².